The summed E-state index contributed by atoms with van der Waals surface area (Å²) in [7, 11) is 0. The molecule has 0 amide bonds. The van der Waals surface area contributed by atoms with E-state index in [9.17, 15) is 8.78 Å². The van der Waals surface area contributed by atoms with Gasteiger partial charge in [0, 0.05) is 5.56 Å². The fourth-order valence-electron chi connectivity index (χ4n) is 2.11. The van der Waals surface area contributed by atoms with Gasteiger partial charge >= 0.3 is 5.92 Å². The highest BCUT2D eigenvalue weighted by Crippen LogP contribution is 2.32. The number of ether oxygens (including phenoxy) is 1. The van der Waals surface area contributed by atoms with Gasteiger partial charge in [-0.15, -0.1) is 0 Å². The van der Waals surface area contributed by atoms with Crippen molar-refractivity contribution in [3.63, 3.8) is 0 Å². The van der Waals surface area contributed by atoms with Crippen LogP contribution in [0.3, 0.4) is 0 Å². The van der Waals surface area contributed by atoms with Crippen molar-refractivity contribution < 1.29 is 13.5 Å². The standard InChI is InChI=1S/C16H17F2NO/c1-11-8-12(2)15(14(19)9-11)20-10-16(17,18)13-6-4-3-5-7-13/h3-9H,10,19H2,1-2H3. The quantitative estimate of drug-likeness (QED) is 0.855. The molecule has 0 bridgehead atoms. The maximum absolute atomic E-state index is 14.0. The Morgan fingerprint density at radius 2 is 1.75 bits per heavy atom. The minimum absolute atomic E-state index is 0.0664. The molecule has 0 heterocycles. The van der Waals surface area contributed by atoms with Gasteiger partial charge in [0.05, 0.1) is 5.69 Å². The fraction of sp³-hybridized carbons (Fsp3) is 0.250. The molecule has 0 spiro atoms. The Kier molecular flexibility index (Phi) is 3.93. The Bertz CT molecular complexity index is 574. The summed E-state index contributed by atoms with van der Waals surface area (Å²) in [6, 6.07) is 11.2. The van der Waals surface area contributed by atoms with E-state index in [-0.39, 0.29) is 5.56 Å². The van der Waals surface area contributed by atoms with Crippen LogP contribution in [0.25, 0.3) is 0 Å². The summed E-state index contributed by atoms with van der Waals surface area (Å²) in [6.07, 6.45) is 0. The predicted molar refractivity (Wildman–Crippen MR) is 76.2 cm³/mol. The van der Waals surface area contributed by atoms with Gasteiger partial charge in [-0.25, -0.2) is 0 Å². The van der Waals surface area contributed by atoms with Gasteiger partial charge in [0.2, 0.25) is 0 Å². The molecule has 2 aromatic rings. The van der Waals surface area contributed by atoms with Crippen molar-refractivity contribution in [2.24, 2.45) is 0 Å². The van der Waals surface area contributed by atoms with E-state index in [2.05, 4.69) is 0 Å². The molecule has 0 aliphatic rings. The van der Waals surface area contributed by atoms with E-state index >= 15 is 0 Å². The molecule has 2 rings (SSSR count). The zero-order chi connectivity index (χ0) is 14.8. The lowest BCUT2D eigenvalue weighted by Crippen LogP contribution is -2.23. The topological polar surface area (TPSA) is 35.2 Å². The first-order chi connectivity index (χ1) is 9.40. The van der Waals surface area contributed by atoms with E-state index in [1.165, 1.54) is 12.1 Å². The van der Waals surface area contributed by atoms with E-state index in [0.29, 0.717) is 11.4 Å². The molecule has 0 radical (unpaired) electrons. The second-order valence-electron chi connectivity index (χ2n) is 4.86. The average molecular weight is 277 g/mol. The molecule has 0 saturated carbocycles. The van der Waals surface area contributed by atoms with E-state index in [4.69, 9.17) is 10.5 Å². The van der Waals surface area contributed by atoms with Gasteiger partial charge in [0.1, 0.15) is 5.75 Å². The number of rotatable bonds is 4. The zero-order valence-electron chi connectivity index (χ0n) is 11.5. The van der Waals surface area contributed by atoms with Gasteiger partial charge in [-0.05, 0) is 31.0 Å². The van der Waals surface area contributed by atoms with E-state index in [0.717, 1.165) is 11.1 Å². The minimum Gasteiger partial charge on any atom is -0.484 e. The second-order valence-corrected chi connectivity index (χ2v) is 4.86. The molecular weight excluding hydrogens is 260 g/mol. The predicted octanol–water partition coefficient (Wildman–Crippen LogP) is 4.06. The van der Waals surface area contributed by atoms with Crippen LogP contribution in [-0.2, 0) is 5.92 Å². The Labute approximate surface area is 117 Å². The number of hydrogen-bond acceptors (Lipinski definition) is 2. The van der Waals surface area contributed by atoms with Crippen molar-refractivity contribution in [2.45, 2.75) is 19.8 Å². The summed E-state index contributed by atoms with van der Waals surface area (Å²) in [5.74, 6) is -2.73. The third-order valence-electron chi connectivity index (χ3n) is 3.04. The van der Waals surface area contributed by atoms with E-state index < -0.39 is 12.5 Å². The van der Waals surface area contributed by atoms with Crippen molar-refractivity contribution in [2.75, 3.05) is 12.3 Å². The second kappa shape index (κ2) is 5.49. The highest BCUT2D eigenvalue weighted by molar-refractivity contribution is 5.58. The SMILES string of the molecule is Cc1cc(C)c(OCC(F)(F)c2ccccc2)c(N)c1. The summed E-state index contributed by atoms with van der Waals surface area (Å²) in [4.78, 5) is 0. The van der Waals surface area contributed by atoms with Crippen LogP contribution in [0.4, 0.5) is 14.5 Å². The number of nitrogens with two attached hydrogens (primary N) is 1. The number of aryl methyl sites for hydroxylation is 2. The van der Waals surface area contributed by atoms with E-state index in [1.54, 1.807) is 31.2 Å². The third-order valence-corrected chi connectivity index (χ3v) is 3.04. The summed E-state index contributed by atoms with van der Waals surface area (Å²) < 4.78 is 33.3. The maximum Gasteiger partial charge on any atom is 0.306 e. The van der Waals surface area contributed by atoms with Crippen LogP contribution in [0.1, 0.15) is 16.7 Å². The maximum atomic E-state index is 14.0. The molecule has 20 heavy (non-hydrogen) atoms. The van der Waals surface area contributed by atoms with Gasteiger partial charge < -0.3 is 10.5 Å². The van der Waals surface area contributed by atoms with Crippen LogP contribution in [0.5, 0.6) is 5.75 Å². The van der Waals surface area contributed by atoms with Crippen LogP contribution in [0, 0.1) is 13.8 Å². The molecule has 0 aliphatic heterocycles. The highest BCUT2D eigenvalue weighted by Gasteiger charge is 2.32. The first kappa shape index (κ1) is 14.3. The van der Waals surface area contributed by atoms with Crippen molar-refractivity contribution >= 4 is 5.69 Å². The molecule has 106 valence electrons. The summed E-state index contributed by atoms with van der Waals surface area (Å²) in [5, 5.41) is 0. The minimum atomic E-state index is -3.05. The van der Waals surface area contributed by atoms with Crippen LogP contribution in [0.2, 0.25) is 0 Å². The van der Waals surface area contributed by atoms with Crippen LogP contribution in [0.15, 0.2) is 42.5 Å². The Morgan fingerprint density at radius 1 is 1.10 bits per heavy atom. The highest BCUT2D eigenvalue weighted by atomic mass is 19.3. The van der Waals surface area contributed by atoms with Gasteiger partial charge in [-0.1, -0.05) is 36.4 Å². The fourth-order valence-corrected chi connectivity index (χ4v) is 2.11. The Morgan fingerprint density at radius 3 is 2.35 bits per heavy atom. The molecule has 2 aromatic carbocycles. The van der Waals surface area contributed by atoms with E-state index in [1.807, 2.05) is 13.0 Å². The lowest BCUT2D eigenvalue weighted by atomic mass is 10.1. The van der Waals surface area contributed by atoms with Crippen molar-refractivity contribution in [3.05, 3.63) is 59.2 Å². The first-order valence-corrected chi connectivity index (χ1v) is 6.33. The number of hydrogen-bond donors (Lipinski definition) is 1. The number of nitrogen functional groups attached to an aromatic ring is 1. The number of anilines is 1. The Balaban J connectivity index is 2.17. The third kappa shape index (κ3) is 3.07. The monoisotopic (exact) mass is 277 g/mol. The lowest BCUT2D eigenvalue weighted by molar-refractivity contribution is -0.0466. The summed E-state index contributed by atoms with van der Waals surface area (Å²) in [6.45, 7) is 2.95. The van der Waals surface area contributed by atoms with Crippen molar-refractivity contribution in [1.29, 1.82) is 0 Å². The summed E-state index contributed by atoms with van der Waals surface area (Å²) in [5.41, 5.74) is 7.87. The normalized spacial score (nSPS) is 11.4. The molecule has 0 saturated heterocycles. The smallest absolute Gasteiger partial charge is 0.306 e. The molecule has 0 aliphatic carbocycles. The molecule has 2 N–H and O–H groups in total. The van der Waals surface area contributed by atoms with Crippen molar-refractivity contribution in [1.82, 2.24) is 0 Å². The number of benzene rings is 2. The molecule has 4 heteroatoms. The molecule has 0 unspecified atom stereocenters. The molecule has 0 fully saturated rings. The number of alkyl halides is 2. The van der Waals surface area contributed by atoms with Crippen LogP contribution < -0.4 is 10.5 Å². The van der Waals surface area contributed by atoms with Crippen LogP contribution in [-0.4, -0.2) is 6.61 Å². The largest absolute Gasteiger partial charge is 0.484 e. The lowest BCUT2D eigenvalue weighted by Gasteiger charge is -2.19. The first-order valence-electron chi connectivity index (χ1n) is 6.33. The average Bonchev–Trinajstić information content (AvgIpc) is 2.38. The Hall–Kier alpha value is -2.10. The zero-order valence-corrected chi connectivity index (χ0v) is 11.5. The van der Waals surface area contributed by atoms with Gasteiger partial charge in [0.25, 0.3) is 0 Å². The molecule has 2 nitrogen and oxygen atoms in total. The van der Waals surface area contributed by atoms with Gasteiger partial charge in [-0.2, -0.15) is 8.78 Å². The van der Waals surface area contributed by atoms with Gasteiger partial charge in [0.15, 0.2) is 6.61 Å². The van der Waals surface area contributed by atoms with Crippen molar-refractivity contribution in [3.8, 4) is 5.75 Å². The number of halogens is 2. The van der Waals surface area contributed by atoms with Crippen LogP contribution >= 0.6 is 0 Å². The molecule has 0 atom stereocenters. The molecular formula is C16H17F2NO. The van der Waals surface area contributed by atoms with Gasteiger partial charge in [-0.3, -0.25) is 0 Å². The molecule has 0 aromatic heterocycles. The summed E-state index contributed by atoms with van der Waals surface area (Å²) >= 11 is 0.